The maximum Gasteiger partial charge on any atom is 0.319 e. The van der Waals surface area contributed by atoms with E-state index >= 15 is 0 Å². The number of rotatable bonds is 4. The number of amides is 4. The number of halogens is 1. The highest BCUT2D eigenvalue weighted by Crippen LogP contribution is 2.21. The van der Waals surface area contributed by atoms with Crippen LogP contribution in [0.25, 0.3) is 0 Å². The summed E-state index contributed by atoms with van der Waals surface area (Å²) in [7, 11) is 0. The average molecular weight is 345 g/mol. The Hall–Kier alpha value is -2.49. The van der Waals surface area contributed by atoms with E-state index in [0.717, 1.165) is 12.1 Å². The van der Waals surface area contributed by atoms with Gasteiger partial charge in [0.2, 0.25) is 5.91 Å². The van der Waals surface area contributed by atoms with E-state index in [1.165, 1.54) is 6.07 Å². The largest absolute Gasteiger partial charge is 0.351 e. The maximum absolute atomic E-state index is 11.6. The van der Waals surface area contributed by atoms with Gasteiger partial charge in [0, 0.05) is 23.4 Å². The number of benzene rings is 1. The molecule has 0 aliphatic rings. The van der Waals surface area contributed by atoms with Crippen LogP contribution in [0, 0.1) is 10.1 Å². The first-order valence-electron chi connectivity index (χ1n) is 5.09. The van der Waals surface area contributed by atoms with Crippen LogP contribution in [0.5, 0.6) is 0 Å². The van der Waals surface area contributed by atoms with Gasteiger partial charge in [-0.1, -0.05) is 15.9 Å². The van der Waals surface area contributed by atoms with Gasteiger partial charge in [-0.05, 0) is 6.07 Å². The standard InChI is InChI=1S/C10H9BrN4O5/c11-4-8(16)13-6-1-5(9(17)14-10(12)18)2-7(3-6)15(19)20/h1-3H,4H2,(H,13,16)(H3,12,14,17,18). The molecule has 0 saturated heterocycles. The molecule has 4 amide bonds. The Bertz CT molecular complexity index is 589. The first kappa shape index (κ1) is 15.6. The molecule has 10 heteroatoms. The van der Waals surface area contributed by atoms with Gasteiger partial charge < -0.3 is 11.1 Å². The smallest absolute Gasteiger partial charge is 0.319 e. The number of nitrogens with one attached hydrogen (secondary N) is 2. The predicted octanol–water partition coefficient (Wildman–Crippen LogP) is 0.737. The molecule has 0 heterocycles. The lowest BCUT2D eigenvalue weighted by molar-refractivity contribution is -0.384. The zero-order valence-corrected chi connectivity index (χ0v) is 11.5. The average Bonchev–Trinajstić information content (AvgIpc) is 2.37. The molecule has 0 fully saturated rings. The van der Waals surface area contributed by atoms with Crippen molar-refractivity contribution in [2.45, 2.75) is 0 Å². The number of urea groups is 1. The number of primary amides is 1. The van der Waals surface area contributed by atoms with Crippen molar-refractivity contribution >= 4 is 45.2 Å². The van der Waals surface area contributed by atoms with Gasteiger partial charge >= 0.3 is 6.03 Å². The lowest BCUT2D eigenvalue weighted by atomic mass is 10.1. The van der Waals surface area contributed by atoms with Gasteiger partial charge in [-0.2, -0.15) is 0 Å². The minimum Gasteiger partial charge on any atom is -0.351 e. The number of anilines is 1. The van der Waals surface area contributed by atoms with Gasteiger partial charge in [0.25, 0.3) is 11.6 Å². The monoisotopic (exact) mass is 344 g/mol. The van der Waals surface area contributed by atoms with Crippen LogP contribution in [0.2, 0.25) is 0 Å². The summed E-state index contributed by atoms with van der Waals surface area (Å²) in [6.45, 7) is 0. The quantitative estimate of drug-likeness (QED) is 0.419. The van der Waals surface area contributed by atoms with Crippen molar-refractivity contribution in [3.05, 3.63) is 33.9 Å². The van der Waals surface area contributed by atoms with E-state index in [9.17, 15) is 24.5 Å². The molecule has 20 heavy (non-hydrogen) atoms. The minimum absolute atomic E-state index is 0.0154. The van der Waals surface area contributed by atoms with E-state index in [4.69, 9.17) is 5.73 Å². The maximum atomic E-state index is 11.6. The molecule has 0 aliphatic heterocycles. The van der Waals surface area contributed by atoms with Crippen LogP contribution in [0.15, 0.2) is 18.2 Å². The second-order valence-electron chi connectivity index (χ2n) is 3.53. The highest BCUT2D eigenvalue weighted by Gasteiger charge is 2.16. The van der Waals surface area contributed by atoms with E-state index in [2.05, 4.69) is 21.2 Å². The number of nitrogens with two attached hydrogens (primary N) is 1. The van der Waals surface area contributed by atoms with Crippen LogP contribution in [0.3, 0.4) is 0 Å². The molecule has 1 aromatic rings. The highest BCUT2D eigenvalue weighted by molar-refractivity contribution is 9.09. The molecular weight excluding hydrogens is 336 g/mol. The van der Waals surface area contributed by atoms with Crippen LogP contribution in [0.1, 0.15) is 10.4 Å². The first-order chi connectivity index (χ1) is 9.33. The molecule has 106 valence electrons. The summed E-state index contributed by atoms with van der Waals surface area (Å²) in [5, 5.41) is 14.9. The third kappa shape index (κ3) is 4.31. The van der Waals surface area contributed by atoms with Gasteiger partial charge in [0.15, 0.2) is 0 Å². The summed E-state index contributed by atoms with van der Waals surface area (Å²) in [6.07, 6.45) is 0. The molecular formula is C10H9BrN4O5. The molecule has 4 N–H and O–H groups in total. The minimum atomic E-state index is -1.09. The molecule has 0 spiro atoms. The van der Waals surface area contributed by atoms with Gasteiger partial charge in [-0.25, -0.2) is 4.79 Å². The highest BCUT2D eigenvalue weighted by atomic mass is 79.9. The molecule has 1 aromatic carbocycles. The van der Waals surface area contributed by atoms with Crippen LogP contribution >= 0.6 is 15.9 Å². The third-order valence-electron chi connectivity index (χ3n) is 2.03. The Morgan fingerprint density at radius 1 is 1.30 bits per heavy atom. The fourth-order valence-electron chi connectivity index (χ4n) is 1.30. The summed E-state index contributed by atoms with van der Waals surface area (Å²) in [5.41, 5.74) is 4.25. The van der Waals surface area contributed by atoms with Crippen molar-refractivity contribution < 1.29 is 19.3 Å². The number of non-ortho nitro benzene ring substituents is 1. The second-order valence-corrected chi connectivity index (χ2v) is 4.09. The van der Waals surface area contributed by atoms with Crippen LogP contribution in [0.4, 0.5) is 16.2 Å². The number of imide groups is 1. The number of nitro groups is 1. The third-order valence-corrected chi connectivity index (χ3v) is 2.54. The number of carbonyl (C=O) groups excluding carboxylic acids is 3. The van der Waals surface area contributed by atoms with E-state index < -0.39 is 28.5 Å². The Morgan fingerprint density at radius 3 is 2.45 bits per heavy atom. The number of nitro benzene ring substituents is 1. The summed E-state index contributed by atoms with van der Waals surface area (Å²) >= 11 is 2.91. The molecule has 0 radical (unpaired) electrons. The van der Waals surface area contributed by atoms with E-state index in [1.807, 2.05) is 0 Å². The van der Waals surface area contributed by atoms with Gasteiger partial charge in [-0.3, -0.25) is 25.0 Å². The summed E-state index contributed by atoms with van der Waals surface area (Å²) in [6, 6.07) is 2.14. The topological polar surface area (TPSA) is 144 Å². The zero-order valence-electron chi connectivity index (χ0n) is 9.88. The number of hydrogen-bond acceptors (Lipinski definition) is 5. The summed E-state index contributed by atoms with van der Waals surface area (Å²) < 4.78 is 0. The van der Waals surface area contributed by atoms with Crippen LogP contribution < -0.4 is 16.4 Å². The lowest BCUT2D eigenvalue weighted by Crippen LogP contribution is -2.35. The van der Waals surface area contributed by atoms with Crippen LogP contribution in [-0.2, 0) is 4.79 Å². The lowest BCUT2D eigenvalue weighted by Gasteiger charge is -2.06. The molecule has 0 aromatic heterocycles. The fourth-order valence-corrected chi connectivity index (χ4v) is 1.44. The van der Waals surface area contributed by atoms with Crippen molar-refractivity contribution in [3.63, 3.8) is 0 Å². The Labute approximate surface area is 120 Å². The van der Waals surface area contributed by atoms with Crippen molar-refractivity contribution in [2.24, 2.45) is 5.73 Å². The van der Waals surface area contributed by atoms with Gasteiger partial charge in [0.05, 0.1) is 10.3 Å². The van der Waals surface area contributed by atoms with E-state index in [-0.39, 0.29) is 16.6 Å². The number of hydrogen-bond donors (Lipinski definition) is 3. The molecule has 0 aliphatic carbocycles. The zero-order chi connectivity index (χ0) is 15.3. The van der Waals surface area contributed by atoms with Gasteiger partial charge in [0.1, 0.15) is 0 Å². The number of alkyl halides is 1. The second kappa shape index (κ2) is 6.61. The van der Waals surface area contributed by atoms with Gasteiger partial charge in [-0.15, -0.1) is 0 Å². The molecule has 0 saturated carbocycles. The predicted molar refractivity (Wildman–Crippen MR) is 72.6 cm³/mol. The normalized spacial score (nSPS) is 9.65. The molecule has 1 rings (SSSR count). The van der Waals surface area contributed by atoms with E-state index in [1.54, 1.807) is 5.32 Å². The molecule has 0 unspecified atom stereocenters. The Balaban J connectivity index is 3.16. The molecule has 0 bridgehead atoms. The number of nitrogens with zero attached hydrogens (tertiary/aromatic N) is 1. The molecule has 9 nitrogen and oxygen atoms in total. The molecule has 0 atom stereocenters. The fraction of sp³-hybridized carbons (Fsp3) is 0.100. The summed E-state index contributed by atoms with van der Waals surface area (Å²) in [4.78, 5) is 43.4. The summed E-state index contributed by atoms with van der Waals surface area (Å²) in [5.74, 6) is -1.36. The number of carbonyl (C=O) groups is 3. The van der Waals surface area contributed by atoms with Crippen LogP contribution in [-0.4, -0.2) is 28.1 Å². The van der Waals surface area contributed by atoms with Crippen molar-refractivity contribution in [1.82, 2.24) is 5.32 Å². The SMILES string of the molecule is NC(=O)NC(=O)c1cc(NC(=O)CBr)cc([N+](=O)[O-])c1. The first-order valence-corrected chi connectivity index (χ1v) is 6.21. The van der Waals surface area contributed by atoms with Crippen molar-refractivity contribution in [3.8, 4) is 0 Å². The Morgan fingerprint density at radius 2 is 1.95 bits per heavy atom. The Kier molecular flexibility index (Phi) is 5.15. The van der Waals surface area contributed by atoms with E-state index in [0.29, 0.717) is 0 Å². The van der Waals surface area contributed by atoms with Crippen molar-refractivity contribution in [2.75, 3.05) is 10.6 Å². The van der Waals surface area contributed by atoms with Crippen molar-refractivity contribution in [1.29, 1.82) is 0 Å².